The van der Waals surface area contributed by atoms with Gasteiger partial charge in [-0.3, -0.25) is 0 Å². The number of hydrogen-bond donors (Lipinski definition) is 1. The van der Waals surface area contributed by atoms with Gasteiger partial charge in [0.25, 0.3) is 0 Å². The van der Waals surface area contributed by atoms with Gasteiger partial charge in [-0.05, 0) is 19.8 Å². The average Bonchev–Trinajstić information content (AvgIpc) is 2.65. The molecule has 1 aliphatic heterocycles. The Kier molecular flexibility index (Phi) is 3.38. The van der Waals surface area contributed by atoms with E-state index in [4.69, 9.17) is 16.3 Å². The molecule has 0 radical (unpaired) electrons. The first kappa shape index (κ1) is 10.6. The molecule has 15 heavy (non-hydrogen) atoms. The van der Waals surface area contributed by atoms with Crippen LogP contribution in [-0.4, -0.2) is 29.2 Å². The van der Waals surface area contributed by atoms with E-state index in [1.165, 1.54) is 0 Å². The maximum absolute atomic E-state index is 5.82. The van der Waals surface area contributed by atoms with Crippen LogP contribution < -0.4 is 5.32 Å². The van der Waals surface area contributed by atoms with Gasteiger partial charge < -0.3 is 10.1 Å². The van der Waals surface area contributed by atoms with Crippen molar-refractivity contribution >= 4 is 17.4 Å². The zero-order chi connectivity index (χ0) is 10.7. The van der Waals surface area contributed by atoms with Crippen molar-refractivity contribution in [2.75, 3.05) is 18.5 Å². The number of rotatable bonds is 3. The molecule has 4 nitrogen and oxygen atoms in total. The SMILES string of the molecule is Cc1nc(Cl)cc(NC[C@H]2CCCO2)n1. The Morgan fingerprint density at radius 3 is 3.13 bits per heavy atom. The summed E-state index contributed by atoms with van der Waals surface area (Å²) in [6, 6.07) is 1.73. The molecule has 1 aromatic heterocycles. The molecule has 0 unspecified atom stereocenters. The van der Waals surface area contributed by atoms with E-state index in [2.05, 4.69) is 15.3 Å². The highest BCUT2D eigenvalue weighted by Gasteiger charge is 2.15. The van der Waals surface area contributed by atoms with Crippen molar-refractivity contribution in [3.05, 3.63) is 17.0 Å². The Morgan fingerprint density at radius 2 is 2.47 bits per heavy atom. The summed E-state index contributed by atoms with van der Waals surface area (Å²) in [5.41, 5.74) is 0. The fourth-order valence-electron chi connectivity index (χ4n) is 1.65. The second-order valence-electron chi connectivity index (χ2n) is 3.64. The monoisotopic (exact) mass is 227 g/mol. The van der Waals surface area contributed by atoms with Crippen LogP contribution >= 0.6 is 11.6 Å². The molecule has 1 saturated heterocycles. The van der Waals surface area contributed by atoms with Gasteiger partial charge in [0.05, 0.1) is 6.10 Å². The van der Waals surface area contributed by atoms with Crippen LogP contribution in [0.25, 0.3) is 0 Å². The lowest BCUT2D eigenvalue weighted by atomic mass is 10.2. The molecular formula is C10H14ClN3O. The van der Waals surface area contributed by atoms with Gasteiger partial charge >= 0.3 is 0 Å². The van der Waals surface area contributed by atoms with E-state index in [-0.39, 0.29) is 0 Å². The van der Waals surface area contributed by atoms with Crippen molar-refractivity contribution in [2.24, 2.45) is 0 Å². The predicted molar refractivity (Wildman–Crippen MR) is 59.2 cm³/mol. The number of anilines is 1. The summed E-state index contributed by atoms with van der Waals surface area (Å²) < 4.78 is 5.50. The smallest absolute Gasteiger partial charge is 0.134 e. The van der Waals surface area contributed by atoms with Crippen molar-refractivity contribution in [3.63, 3.8) is 0 Å². The summed E-state index contributed by atoms with van der Waals surface area (Å²) in [6.07, 6.45) is 2.57. The van der Waals surface area contributed by atoms with E-state index >= 15 is 0 Å². The third-order valence-electron chi connectivity index (χ3n) is 2.34. The van der Waals surface area contributed by atoms with Gasteiger partial charge in [0.15, 0.2) is 0 Å². The minimum atomic E-state index is 0.305. The zero-order valence-electron chi connectivity index (χ0n) is 8.66. The van der Waals surface area contributed by atoms with Crippen molar-refractivity contribution in [1.82, 2.24) is 9.97 Å². The van der Waals surface area contributed by atoms with Crippen molar-refractivity contribution in [2.45, 2.75) is 25.9 Å². The fraction of sp³-hybridized carbons (Fsp3) is 0.600. The van der Waals surface area contributed by atoms with Crippen LogP contribution in [0.2, 0.25) is 5.15 Å². The van der Waals surface area contributed by atoms with Crippen molar-refractivity contribution in [1.29, 1.82) is 0 Å². The maximum atomic E-state index is 5.82. The van der Waals surface area contributed by atoms with Gasteiger partial charge in [0.2, 0.25) is 0 Å². The summed E-state index contributed by atoms with van der Waals surface area (Å²) in [5.74, 6) is 1.44. The Labute approximate surface area is 94.0 Å². The van der Waals surface area contributed by atoms with Crippen LogP contribution in [0.3, 0.4) is 0 Å². The number of halogens is 1. The second kappa shape index (κ2) is 4.77. The third-order valence-corrected chi connectivity index (χ3v) is 2.54. The predicted octanol–water partition coefficient (Wildman–Crippen LogP) is 2.03. The lowest BCUT2D eigenvalue weighted by molar-refractivity contribution is 0.120. The van der Waals surface area contributed by atoms with Crippen LogP contribution in [0, 0.1) is 6.92 Å². The highest BCUT2D eigenvalue weighted by molar-refractivity contribution is 6.29. The molecule has 0 bridgehead atoms. The topological polar surface area (TPSA) is 47.0 Å². The van der Waals surface area contributed by atoms with Gasteiger partial charge in [0, 0.05) is 19.2 Å². The summed E-state index contributed by atoms with van der Waals surface area (Å²) in [4.78, 5) is 8.23. The van der Waals surface area contributed by atoms with Crippen LogP contribution in [0.15, 0.2) is 6.07 Å². The van der Waals surface area contributed by atoms with E-state index in [0.29, 0.717) is 17.1 Å². The first-order chi connectivity index (χ1) is 7.24. The molecule has 2 rings (SSSR count). The van der Waals surface area contributed by atoms with Crippen LogP contribution in [-0.2, 0) is 4.74 Å². The van der Waals surface area contributed by atoms with Crippen LogP contribution in [0.1, 0.15) is 18.7 Å². The highest BCUT2D eigenvalue weighted by Crippen LogP contribution is 2.14. The maximum Gasteiger partial charge on any atom is 0.134 e. The quantitative estimate of drug-likeness (QED) is 0.803. The van der Waals surface area contributed by atoms with E-state index in [1.54, 1.807) is 6.07 Å². The van der Waals surface area contributed by atoms with Gasteiger partial charge in [-0.25, -0.2) is 9.97 Å². The molecule has 1 atom stereocenters. The molecule has 0 amide bonds. The molecule has 0 aromatic carbocycles. The van der Waals surface area contributed by atoms with Crippen LogP contribution in [0.5, 0.6) is 0 Å². The third kappa shape index (κ3) is 3.04. The summed E-state index contributed by atoms with van der Waals surface area (Å²) >= 11 is 5.82. The van der Waals surface area contributed by atoms with Gasteiger partial charge in [-0.2, -0.15) is 0 Å². The van der Waals surface area contributed by atoms with E-state index in [9.17, 15) is 0 Å². The number of hydrogen-bond acceptors (Lipinski definition) is 4. The molecule has 0 spiro atoms. The number of nitrogens with one attached hydrogen (secondary N) is 1. The molecule has 2 heterocycles. The molecule has 1 fully saturated rings. The largest absolute Gasteiger partial charge is 0.376 e. The average molecular weight is 228 g/mol. The molecule has 5 heteroatoms. The van der Waals surface area contributed by atoms with Gasteiger partial charge in [-0.15, -0.1) is 0 Å². The molecular weight excluding hydrogens is 214 g/mol. The first-order valence-electron chi connectivity index (χ1n) is 5.11. The second-order valence-corrected chi connectivity index (χ2v) is 4.03. The fourth-order valence-corrected chi connectivity index (χ4v) is 1.87. The molecule has 1 aliphatic rings. The zero-order valence-corrected chi connectivity index (χ0v) is 9.42. The normalized spacial score (nSPS) is 20.5. The highest BCUT2D eigenvalue weighted by atomic mass is 35.5. The van der Waals surface area contributed by atoms with Gasteiger partial charge in [0.1, 0.15) is 16.8 Å². The first-order valence-corrected chi connectivity index (χ1v) is 5.48. The summed E-state index contributed by atoms with van der Waals surface area (Å²) in [5, 5.41) is 3.68. The van der Waals surface area contributed by atoms with Crippen molar-refractivity contribution < 1.29 is 4.74 Å². The number of aryl methyl sites for hydroxylation is 1. The molecule has 1 aromatic rings. The van der Waals surface area contributed by atoms with E-state index < -0.39 is 0 Å². The minimum Gasteiger partial charge on any atom is -0.376 e. The summed E-state index contributed by atoms with van der Waals surface area (Å²) in [7, 11) is 0. The number of aromatic nitrogens is 2. The van der Waals surface area contributed by atoms with E-state index in [0.717, 1.165) is 31.8 Å². The van der Waals surface area contributed by atoms with Crippen LogP contribution in [0.4, 0.5) is 5.82 Å². The Hall–Kier alpha value is -0.870. The lowest BCUT2D eigenvalue weighted by Crippen LogP contribution is -2.19. The van der Waals surface area contributed by atoms with Gasteiger partial charge in [-0.1, -0.05) is 11.6 Å². The molecule has 1 N–H and O–H groups in total. The molecule has 82 valence electrons. The number of ether oxygens (including phenoxy) is 1. The Balaban J connectivity index is 1.92. The van der Waals surface area contributed by atoms with Crippen molar-refractivity contribution in [3.8, 4) is 0 Å². The standard InChI is InChI=1S/C10H14ClN3O/c1-7-13-9(11)5-10(14-7)12-6-8-3-2-4-15-8/h5,8H,2-4,6H2,1H3,(H,12,13,14)/t8-/m1/s1. The Bertz CT molecular complexity index is 319. The summed E-state index contributed by atoms with van der Waals surface area (Å²) in [6.45, 7) is 3.48. The lowest BCUT2D eigenvalue weighted by Gasteiger charge is -2.11. The minimum absolute atomic E-state index is 0.305. The Morgan fingerprint density at radius 1 is 1.60 bits per heavy atom. The molecule has 0 saturated carbocycles. The number of nitrogens with zero attached hydrogens (tertiary/aromatic N) is 2. The molecule has 0 aliphatic carbocycles. The van der Waals surface area contributed by atoms with E-state index in [1.807, 2.05) is 6.92 Å².